The number of amides is 2. The highest BCUT2D eigenvalue weighted by Gasteiger charge is 2.34. The number of hydrogen-bond donors (Lipinski definition) is 2. The maximum atomic E-state index is 11.4. The van der Waals surface area contributed by atoms with E-state index in [9.17, 15) is 9.59 Å². The Balaban J connectivity index is 2.17. The minimum Gasteiger partial charge on any atom is -0.356 e. The van der Waals surface area contributed by atoms with Gasteiger partial charge in [0.05, 0.1) is 0 Å². The second-order valence-electron chi connectivity index (χ2n) is 4.68. The maximum Gasteiger partial charge on any atom is 0.245 e. The van der Waals surface area contributed by atoms with Crippen LogP contribution in [0.4, 0.5) is 0 Å². The quantitative estimate of drug-likeness (QED) is 0.622. The van der Waals surface area contributed by atoms with Crippen molar-refractivity contribution in [2.45, 2.75) is 18.8 Å². The van der Waals surface area contributed by atoms with Crippen molar-refractivity contribution in [3.63, 3.8) is 0 Å². The molecule has 1 aliphatic carbocycles. The number of carbonyl (C=O) groups is 2. The Kier molecular flexibility index (Phi) is 4.34. The highest BCUT2D eigenvalue weighted by molar-refractivity contribution is 5.88. The summed E-state index contributed by atoms with van der Waals surface area (Å²) < 4.78 is 0. The van der Waals surface area contributed by atoms with Gasteiger partial charge in [-0.25, -0.2) is 0 Å². The van der Waals surface area contributed by atoms with E-state index in [2.05, 4.69) is 22.8 Å². The first kappa shape index (κ1) is 13.3. The van der Waals surface area contributed by atoms with Crippen molar-refractivity contribution in [1.29, 1.82) is 0 Å². The Bertz CT molecular complexity index is 482. The minimum atomic E-state index is -0.192. The third kappa shape index (κ3) is 3.02. The third-order valence-electron chi connectivity index (χ3n) is 3.66. The standard InChI is InChI=1S/C15H18N2O2/c1-16-15(19)9-14(17-10-18)13-8-7-12(13)11-5-3-2-4-6-11/h2-6,9-10,12-13H,7-8H2,1H3,(H,16,19)(H,17,18)/b14-9-/t12-,13-/m0/s1. The molecule has 2 amide bonds. The number of benzene rings is 1. The Morgan fingerprint density at radius 2 is 2.00 bits per heavy atom. The molecular weight excluding hydrogens is 240 g/mol. The van der Waals surface area contributed by atoms with Crippen LogP contribution < -0.4 is 10.6 Å². The van der Waals surface area contributed by atoms with Crippen molar-refractivity contribution in [3.05, 3.63) is 47.7 Å². The molecule has 0 aliphatic heterocycles. The van der Waals surface area contributed by atoms with Crippen LogP contribution in [0.5, 0.6) is 0 Å². The summed E-state index contributed by atoms with van der Waals surface area (Å²) in [5, 5.41) is 5.21. The van der Waals surface area contributed by atoms with E-state index in [1.807, 2.05) is 18.2 Å². The first-order valence-electron chi connectivity index (χ1n) is 6.44. The van der Waals surface area contributed by atoms with Gasteiger partial charge in [-0.15, -0.1) is 0 Å². The lowest BCUT2D eigenvalue weighted by atomic mass is 9.68. The van der Waals surface area contributed by atoms with E-state index in [0.29, 0.717) is 18.0 Å². The van der Waals surface area contributed by atoms with Gasteiger partial charge in [0.2, 0.25) is 12.3 Å². The Morgan fingerprint density at radius 3 is 2.53 bits per heavy atom. The highest BCUT2D eigenvalue weighted by atomic mass is 16.1. The molecule has 4 heteroatoms. The average Bonchev–Trinajstić information content (AvgIpc) is 2.39. The molecule has 0 aromatic heterocycles. The molecule has 1 fully saturated rings. The predicted octanol–water partition coefficient (Wildman–Crippen LogP) is 1.56. The molecule has 1 aromatic rings. The second kappa shape index (κ2) is 6.18. The first-order chi connectivity index (χ1) is 9.26. The van der Waals surface area contributed by atoms with Crippen LogP contribution in [0.2, 0.25) is 0 Å². The van der Waals surface area contributed by atoms with E-state index in [1.165, 1.54) is 11.6 Å². The number of rotatable bonds is 5. The molecular formula is C15H18N2O2. The zero-order valence-electron chi connectivity index (χ0n) is 10.9. The fraction of sp³-hybridized carbons (Fsp3) is 0.333. The molecule has 19 heavy (non-hydrogen) atoms. The van der Waals surface area contributed by atoms with E-state index < -0.39 is 0 Å². The number of carbonyl (C=O) groups excluding carboxylic acids is 2. The van der Waals surface area contributed by atoms with Crippen molar-refractivity contribution in [2.24, 2.45) is 5.92 Å². The van der Waals surface area contributed by atoms with E-state index >= 15 is 0 Å². The van der Waals surface area contributed by atoms with Gasteiger partial charge >= 0.3 is 0 Å². The van der Waals surface area contributed by atoms with Gasteiger partial charge in [-0.05, 0) is 24.3 Å². The van der Waals surface area contributed by atoms with Gasteiger partial charge in [0.15, 0.2) is 0 Å². The number of allylic oxidation sites excluding steroid dienone is 1. The summed E-state index contributed by atoms with van der Waals surface area (Å²) >= 11 is 0. The zero-order valence-corrected chi connectivity index (χ0v) is 10.9. The summed E-state index contributed by atoms with van der Waals surface area (Å²) in [4.78, 5) is 22.1. The van der Waals surface area contributed by atoms with Crippen LogP contribution in [0.1, 0.15) is 24.3 Å². The first-order valence-corrected chi connectivity index (χ1v) is 6.44. The van der Waals surface area contributed by atoms with Crippen molar-refractivity contribution in [1.82, 2.24) is 10.6 Å². The van der Waals surface area contributed by atoms with Crippen LogP contribution >= 0.6 is 0 Å². The van der Waals surface area contributed by atoms with E-state index in [-0.39, 0.29) is 11.8 Å². The van der Waals surface area contributed by atoms with Gasteiger partial charge in [-0.3, -0.25) is 9.59 Å². The molecule has 4 nitrogen and oxygen atoms in total. The smallest absolute Gasteiger partial charge is 0.245 e. The van der Waals surface area contributed by atoms with Gasteiger partial charge in [-0.1, -0.05) is 30.3 Å². The molecule has 0 bridgehead atoms. The van der Waals surface area contributed by atoms with Crippen LogP contribution in [0, 0.1) is 5.92 Å². The molecule has 0 heterocycles. The van der Waals surface area contributed by atoms with Crippen LogP contribution in [0.25, 0.3) is 0 Å². The summed E-state index contributed by atoms with van der Waals surface area (Å²) in [7, 11) is 1.58. The Morgan fingerprint density at radius 1 is 1.26 bits per heavy atom. The van der Waals surface area contributed by atoms with Gasteiger partial charge < -0.3 is 10.6 Å². The van der Waals surface area contributed by atoms with Crippen molar-refractivity contribution >= 4 is 12.3 Å². The molecule has 1 saturated carbocycles. The highest BCUT2D eigenvalue weighted by Crippen LogP contribution is 2.45. The van der Waals surface area contributed by atoms with Gasteiger partial charge in [-0.2, -0.15) is 0 Å². The summed E-state index contributed by atoms with van der Waals surface area (Å²) in [6, 6.07) is 10.2. The molecule has 0 spiro atoms. The van der Waals surface area contributed by atoms with Crippen molar-refractivity contribution in [3.8, 4) is 0 Å². The fourth-order valence-electron chi connectivity index (χ4n) is 2.51. The van der Waals surface area contributed by atoms with Crippen LogP contribution in [-0.2, 0) is 9.59 Å². The van der Waals surface area contributed by atoms with Crippen LogP contribution in [-0.4, -0.2) is 19.4 Å². The van der Waals surface area contributed by atoms with E-state index in [1.54, 1.807) is 7.05 Å². The molecule has 2 atom stereocenters. The molecule has 2 N–H and O–H groups in total. The SMILES string of the molecule is CNC(=O)/C=C(\NC=O)[C@H]1CC[C@H]1c1ccccc1. The average molecular weight is 258 g/mol. The second-order valence-corrected chi connectivity index (χ2v) is 4.68. The van der Waals surface area contributed by atoms with Gasteiger partial charge in [0, 0.05) is 24.7 Å². The lowest BCUT2D eigenvalue weighted by Gasteiger charge is -2.38. The minimum absolute atomic E-state index is 0.192. The fourth-order valence-corrected chi connectivity index (χ4v) is 2.51. The van der Waals surface area contributed by atoms with Gasteiger partial charge in [0.1, 0.15) is 0 Å². The Hall–Kier alpha value is -2.10. The monoisotopic (exact) mass is 258 g/mol. The molecule has 1 aliphatic rings. The molecule has 0 radical (unpaired) electrons. The van der Waals surface area contributed by atoms with Crippen molar-refractivity contribution in [2.75, 3.05) is 7.05 Å². The molecule has 0 unspecified atom stereocenters. The Labute approximate surface area is 112 Å². The molecule has 100 valence electrons. The topological polar surface area (TPSA) is 58.2 Å². The summed E-state index contributed by atoms with van der Waals surface area (Å²) in [6.45, 7) is 0. The number of nitrogens with one attached hydrogen (secondary N) is 2. The van der Waals surface area contributed by atoms with Crippen molar-refractivity contribution < 1.29 is 9.59 Å². The van der Waals surface area contributed by atoms with Crippen LogP contribution in [0.3, 0.4) is 0 Å². The largest absolute Gasteiger partial charge is 0.356 e. The van der Waals surface area contributed by atoms with Gasteiger partial charge in [0.25, 0.3) is 0 Å². The number of likely N-dealkylation sites (N-methyl/N-ethyl adjacent to an activating group) is 1. The van der Waals surface area contributed by atoms with Crippen LogP contribution in [0.15, 0.2) is 42.1 Å². The molecule has 2 rings (SSSR count). The summed E-state index contributed by atoms with van der Waals surface area (Å²) in [5.74, 6) is 0.400. The van der Waals surface area contributed by atoms with E-state index in [4.69, 9.17) is 0 Å². The molecule has 1 aromatic carbocycles. The van der Waals surface area contributed by atoms with E-state index in [0.717, 1.165) is 12.8 Å². The zero-order chi connectivity index (χ0) is 13.7. The third-order valence-corrected chi connectivity index (χ3v) is 3.66. The normalized spacial score (nSPS) is 22.3. The lowest BCUT2D eigenvalue weighted by Crippen LogP contribution is -2.33. The maximum absolute atomic E-state index is 11.4. The summed E-state index contributed by atoms with van der Waals surface area (Å²) in [6.07, 6.45) is 4.19. The molecule has 0 saturated heterocycles. The predicted molar refractivity (Wildman–Crippen MR) is 73.3 cm³/mol. The summed E-state index contributed by atoms with van der Waals surface area (Å²) in [5.41, 5.74) is 1.96. The number of hydrogen-bond acceptors (Lipinski definition) is 2. The lowest BCUT2D eigenvalue weighted by molar-refractivity contribution is -0.116.